The standard InChI is InChI=1S/C19H24N4O2/c1-3-4-5-11-20-17-9-10-18(21-13-17)19(25)23-16-8-6-7-15(12-16)22-14(2)24/h6-10,12-13,20H,3-5,11H2,1-2H3,(H,22,24)(H,23,25). The molecule has 3 N–H and O–H groups in total. The minimum atomic E-state index is -0.294. The third kappa shape index (κ3) is 6.25. The number of anilines is 3. The first-order valence-electron chi connectivity index (χ1n) is 8.47. The average Bonchev–Trinajstić information content (AvgIpc) is 2.59. The first kappa shape index (κ1) is 18.4. The van der Waals surface area contributed by atoms with Gasteiger partial charge in [0.05, 0.1) is 11.9 Å². The monoisotopic (exact) mass is 340 g/mol. The van der Waals surface area contributed by atoms with Crippen molar-refractivity contribution in [2.75, 3.05) is 22.5 Å². The van der Waals surface area contributed by atoms with Gasteiger partial charge in [-0.1, -0.05) is 25.8 Å². The molecule has 2 aromatic rings. The van der Waals surface area contributed by atoms with E-state index in [0.717, 1.165) is 18.7 Å². The molecule has 0 atom stereocenters. The lowest BCUT2D eigenvalue weighted by Crippen LogP contribution is -2.14. The van der Waals surface area contributed by atoms with E-state index in [1.807, 2.05) is 6.07 Å². The summed E-state index contributed by atoms with van der Waals surface area (Å²) in [4.78, 5) is 27.6. The first-order valence-corrected chi connectivity index (χ1v) is 8.47. The number of amides is 2. The lowest BCUT2D eigenvalue weighted by molar-refractivity contribution is -0.114. The summed E-state index contributed by atoms with van der Waals surface area (Å²) in [7, 11) is 0. The van der Waals surface area contributed by atoms with Crippen molar-refractivity contribution in [3.05, 3.63) is 48.3 Å². The summed E-state index contributed by atoms with van der Waals surface area (Å²) in [5.41, 5.74) is 2.47. The van der Waals surface area contributed by atoms with Crippen LogP contribution in [0, 0.1) is 0 Å². The SMILES string of the molecule is CCCCCNc1ccc(C(=O)Nc2cccc(NC(C)=O)c2)nc1. The van der Waals surface area contributed by atoms with Crippen LogP contribution >= 0.6 is 0 Å². The maximum atomic E-state index is 12.3. The highest BCUT2D eigenvalue weighted by molar-refractivity contribution is 6.03. The second kappa shape index (κ2) is 9.42. The van der Waals surface area contributed by atoms with Gasteiger partial charge >= 0.3 is 0 Å². The van der Waals surface area contributed by atoms with Crippen molar-refractivity contribution < 1.29 is 9.59 Å². The third-order valence-corrected chi connectivity index (χ3v) is 3.55. The molecular formula is C19H24N4O2. The van der Waals surface area contributed by atoms with Gasteiger partial charge in [-0.15, -0.1) is 0 Å². The fourth-order valence-electron chi connectivity index (χ4n) is 2.31. The predicted octanol–water partition coefficient (Wildman–Crippen LogP) is 3.89. The summed E-state index contributed by atoms with van der Waals surface area (Å²) < 4.78 is 0. The molecule has 1 aromatic heterocycles. The van der Waals surface area contributed by atoms with Crippen molar-refractivity contribution in [2.24, 2.45) is 0 Å². The topological polar surface area (TPSA) is 83.1 Å². The van der Waals surface area contributed by atoms with E-state index in [9.17, 15) is 9.59 Å². The van der Waals surface area contributed by atoms with Gasteiger partial charge in [0.1, 0.15) is 5.69 Å². The number of pyridine rings is 1. The fourth-order valence-corrected chi connectivity index (χ4v) is 2.31. The molecule has 1 heterocycles. The number of aromatic nitrogens is 1. The second-order valence-corrected chi connectivity index (χ2v) is 5.78. The van der Waals surface area contributed by atoms with E-state index in [-0.39, 0.29) is 11.8 Å². The molecule has 0 aliphatic heterocycles. The van der Waals surface area contributed by atoms with E-state index < -0.39 is 0 Å². The Hall–Kier alpha value is -2.89. The van der Waals surface area contributed by atoms with Gasteiger partial charge in [0, 0.05) is 24.8 Å². The van der Waals surface area contributed by atoms with Gasteiger partial charge in [0.25, 0.3) is 5.91 Å². The van der Waals surface area contributed by atoms with E-state index in [1.54, 1.807) is 36.5 Å². The molecule has 1 aromatic carbocycles. The Kier molecular flexibility index (Phi) is 6.95. The number of carbonyl (C=O) groups excluding carboxylic acids is 2. The summed E-state index contributed by atoms with van der Waals surface area (Å²) in [6, 6.07) is 10.5. The molecular weight excluding hydrogens is 316 g/mol. The van der Waals surface area contributed by atoms with Gasteiger partial charge in [-0.05, 0) is 36.8 Å². The summed E-state index contributed by atoms with van der Waals surface area (Å²) in [6.07, 6.45) is 5.15. The van der Waals surface area contributed by atoms with Crippen molar-refractivity contribution in [1.29, 1.82) is 0 Å². The molecule has 132 valence electrons. The minimum absolute atomic E-state index is 0.160. The van der Waals surface area contributed by atoms with Crippen LogP contribution in [0.1, 0.15) is 43.6 Å². The van der Waals surface area contributed by atoms with Crippen LogP contribution in [0.3, 0.4) is 0 Å². The lowest BCUT2D eigenvalue weighted by atomic mass is 10.2. The smallest absolute Gasteiger partial charge is 0.274 e. The summed E-state index contributed by atoms with van der Waals surface area (Å²) >= 11 is 0. The Morgan fingerprint density at radius 1 is 1.00 bits per heavy atom. The highest BCUT2D eigenvalue weighted by Gasteiger charge is 2.08. The molecule has 0 saturated heterocycles. The van der Waals surface area contributed by atoms with Gasteiger partial charge in [-0.25, -0.2) is 4.98 Å². The second-order valence-electron chi connectivity index (χ2n) is 5.78. The van der Waals surface area contributed by atoms with E-state index >= 15 is 0 Å². The molecule has 0 saturated carbocycles. The van der Waals surface area contributed by atoms with Crippen LogP contribution in [0.15, 0.2) is 42.6 Å². The number of hydrogen-bond acceptors (Lipinski definition) is 4. The molecule has 2 amide bonds. The van der Waals surface area contributed by atoms with E-state index in [0.29, 0.717) is 17.1 Å². The zero-order chi connectivity index (χ0) is 18.1. The number of hydrogen-bond donors (Lipinski definition) is 3. The van der Waals surface area contributed by atoms with Crippen LogP contribution in [0.4, 0.5) is 17.1 Å². The predicted molar refractivity (Wildman–Crippen MR) is 101 cm³/mol. The quantitative estimate of drug-likeness (QED) is 0.637. The summed E-state index contributed by atoms with van der Waals surface area (Å²) in [5, 5.41) is 8.74. The molecule has 0 spiro atoms. The number of nitrogens with one attached hydrogen (secondary N) is 3. The van der Waals surface area contributed by atoms with E-state index in [2.05, 4.69) is 27.9 Å². The van der Waals surface area contributed by atoms with Crippen molar-refractivity contribution in [1.82, 2.24) is 4.98 Å². The van der Waals surface area contributed by atoms with Gasteiger partial charge in [0.15, 0.2) is 0 Å². The Balaban J connectivity index is 1.93. The summed E-state index contributed by atoms with van der Waals surface area (Å²) in [6.45, 7) is 4.50. The Morgan fingerprint density at radius 2 is 1.76 bits per heavy atom. The van der Waals surface area contributed by atoms with Crippen LogP contribution in [0.2, 0.25) is 0 Å². The van der Waals surface area contributed by atoms with Crippen molar-refractivity contribution in [2.45, 2.75) is 33.1 Å². The van der Waals surface area contributed by atoms with E-state index in [1.165, 1.54) is 19.8 Å². The van der Waals surface area contributed by atoms with Crippen LogP contribution in [0.25, 0.3) is 0 Å². The maximum Gasteiger partial charge on any atom is 0.274 e. The van der Waals surface area contributed by atoms with Crippen LogP contribution in [0.5, 0.6) is 0 Å². The zero-order valence-corrected chi connectivity index (χ0v) is 14.6. The highest BCUT2D eigenvalue weighted by atomic mass is 16.2. The Bertz CT molecular complexity index is 714. The van der Waals surface area contributed by atoms with Gasteiger partial charge in [0.2, 0.25) is 5.91 Å². The third-order valence-electron chi connectivity index (χ3n) is 3.55. The number of rotatable bonds is 8. The molecule has 6 heteroatoms. The van der Waals surface area contributed by atoms with Gasteiger partial charge in [-0.2, -0.15) is 0 Å². The van der Waals surface area contributed by atoms with Crippen molar-refractivity contribution in [3.8, 4) is 0 Å². The lowest BCUT2D eigenvalue weighted by Gasteiger charge is -2.09. The number of benzene rings is 1. The molecule has 2 rings (SSSR count). The molecule has 0 bridgehead atoms. The Morgan fingerprint density at radius 3 is 2.40 bits per heavy atom. The average molecular weight is 340 g/mol. The summed E-state index contributed by atoms with van der Waals surface area (Å²) in [5.74, 6) is -0.454. The van der Waals surface area contributed by atoms with Gasteiger partial charge < -0.3 is 16.0 Å². The zero-order valence-electron chi connectivity index (χ0n) is 14.6. The van der Waals surface area contributed by atoms with Crippen LogP contribution in [-0.2, 0) is 4.79 Å². The molecule has 0 aliphatic rings. The van der Waals surface area contributed by atoms with E-state index in [4.69, 9.17) is 0 Å². The number of unbranched alkanes of at least 4 members (excludes halogenated alkanes) is 2. The molecule has 6 nitrogen and oxygen atoms in total. The molecule has 0 radical (unpaired) electrons. The van der Waals surface area contributed by atoms with Crippen molar-refractivity contribution in [3.63, 3.8) is 0 Å². The van der Waals surface area contributed by atoms with Crippen LogP contribution in [-0.4, -0.2) is 23.3 Å². The normalized spacial score (nSPS) is 10.2. The molecule has 0 aliphatic carbocycles. The minimum Gasteiger partial charge on any atom is -0.384 e. The first-order chi connectivity index (χ1) is 12.1. The largest absolute Gasteiger partial charge is 0.384 e. The van der Waals surface area contributed by atoms with Crippen molar-refractivity contribution >= 4 is 28.9 Å². The highest BCUT2D eigenvalue weighted by Crippen LogP contribution is 2.16. The van der Waals surface area contributed by atoms with Crippen LogP contribution < -0.4 is 16.0 Å². The number of nitrogens with zero attached hydrogens (tertiary/aromatic N) is 1. The Labute approximate surface area is 148 Å². The molecule has 0 fully saturated rings. The number of carbonyl (C=O) groups is 2. The fraction of sp³-hybridized carbons (Fsp3) is 0.316. The maximum absolute atomic E-state index is 12.3. The molecule has 0 unspecified atom stereocenters. The molecule has 25 heavy (non-hydrogen) atoms. The van der Waals surface area contributed by atoms with Gasteiger partial charge in [-0.3, -0.25) is 9.59 Å².